The summed E-state index contributed by atoms with van der Waals surface area (Å²) in [6.07, 6.45) is 1.98. The Labute approximate surface area is 115 Å². The van der Waals surface area contributed by atoms with Crippen molar-refractivity contribution in [3.8, 4) is 17.8 Å². The van der Waals surface area contributed by atoms with Crippen LogP contribution >= 0.6 is 11.8 Å². The minimum atomic E-state index is 0.192. The normalized spacial score (nSPS) is 10.1. The molecule has 6 nitrogen and oxygen atoms in total. The van der Waals surface area contributed by atoms with Crippen LogP contribution in [0.25, 0.3) is 0 Å². The number of anilines is 1. The van der Waals surface area contributed by atoms with Crippen molar-refractivity contribution in [3.63, 3.8) is 0 Å². The highest BCUT2D eigenvalue weighted by atomic mass is 32.2. The molecule has 1 aromatic carbocycles. The number of hydrogen-bond acceptors (Lipinski definition) is 7. The molecule has 0 atom stereocenters. The molecule has 0 saturated carbocycles. The summed E-state index contributed by atoms with van der Waals surface area (Å²) in [6.45, 7) is 0. The summed E-state index contributed by atoms with van der Waals surface area (Å²) >= 11 is 1.59. The molecule has 1 N–H and O–H groups in total. The lowest BCUT2D eigenvalue weighted by Gasteiger charge is -2.09. The number of aromatic nitrogens is 3. The second-order valence-electron chi connectivity index (χ2n) is 3.43. The van der Waals surface area contributed by atoms with Gasteiger partial charge in [0.1, 0.15) is 5.75 Å². The van der Waals surface area contributed by atoms with Crippen LogP contribution < -0.4 is 14.8 Å². The van der Waals surface area contributed by atoms with Gasteiger partial charge in [-0.2, -0.15) is 9.97 Å². The third-order valence-corrected chi connectivity index (χ3v) is 3.05. The molecule has 1 heterocycles. The molecule has 0 fully saturated rings. The molecule has 0 radical (unpaired) electrons. The molecule has 0 bridgehead atoms. The van der Waals surface area contributed by atoms with E-state index >= 15 is 0 Å². The topological polar surface area (TPSA) is 69.2 Å². The summed E-state index contributed by atoms with van der Waals surface area (Å²) in [5.74, 6) is 1.09. The summed E-state index contributed by atoms with van der Waals surface area (Å²) in [5, 5.41) is 2.83. The van der Waals surface area contributed by atoms with Crippen LogP contribution in [0.3, 0.4) is 0 Å². The minimum absolute atomic E-state index is 0.192. The van der Waals surface area contributed by atoms with Gasteiger partial charge in [-0.25, -0.2) is 0 Å². The molecule has 2 rings (SSSR count). The van der Waals surface area contributed by atoms with E-state index in [4.69, 9.17) is 9.47 Å². The van der Waals surface area contributed by atoms with Crippen molar-refractivity contribution in [2.45, 2.75) is 4.90 Å². The van der Waals surface area contributed by atoms with Gasteiger partial charge in [-0.1, -0.05) is 12.1 Å². The molecule has 19 heavy (non-hydrogen) atoms. The molecule has 0 spiro atoms. The number of rotatable bonds is 5. The van der Waals surface area contributed by atoms with E-state index in [1.54, 1.807) is 18.8 Å². The van der Waals surface area contributed by atoms with Crippen molar-refractivity contribution < 1.29 is 9.47 Å². The minimum Gasteiger partial charge on any atom is -0.467 e. The fraction of sp³-hybridized carbons (Fsp3) is 0.250. The van der Waals surface area contributed by atoms with E-state index < -0.39 is 0 Å². The first-order valence-corrected chi connectivity index (χ1v) is 6.78. The average molecular weight is 278 g/mol. The maximum absolute atomic E-state index is 5.68. The lowest BCUT2D eigenvalue weighted by Crippen LogP contribution is -2.03. The maximum Gasteiger partial charge on any atom is 0.330 e. The Hall–Kier alpha value is -2.02. The van der Waals surface area contributed by atoms with Crippen molar-refractivity contribution in [3.05, 3.63) is 24.3 Å². The Balaban J connectivity index is 2.32. The molecular weight excluding hydrogens is 264 g/mol. The number of para-hydroxylation sites is 1. The smallest absolute Gasteiger partial charge is 0.330 e. The van der Waals surface area contributed by atoms with Crippen LogP contribution in [0.5, 0.6) is 17.8 Å². The maximum atomic E-state index is 5.68. The summed E-state index contributed by atoms with van der Waals surface area (Å²) in [5.41, 5.74) is 0. The van der Waals surface area contributed by atoms with E-state index in [-0.39, 0.29) is 12.0 Å². The van der Waals surface area contributed by atoms with Gasteiger partial charge >= 0.3 is 12.0 Å². The molecule has 100 valence electrons. The molecule has 1 aromatic heterocycles. The largest absolute Gasteiger partial charge is 0.467 e. The van der Waals surface area contributed by atoms with E-state index in [9.17, 15) is 0 Å². The van der Waals surface area contributed by atoms with E-state index in [1.807, 2.05) is 30.5 Å². The van der Waals surface area contributed by atoms with Crippen LogP contribution in [0.4, 0.5) is 5.95 Å². The monoisotopic (exact) mass is 278 g/mol. The third-order valence-electron chi connectivity index (χ3n) is 2.27. The Morgan fingerprint density at radius 3 is 2.53 bits per heavy atom. The third kappa shape index (κ3) is 3.25. The van der Waals surface area contributed by atoms with E-state index in [1.165, 1.54) is 7.11 Å². The molecule has 0 unspecified atom stereocenters. The van der Waals surface area contributed by atoms with E-state index in [2.05, 4.69) is 20.3 Å². The zero-order chi connectivity index (χ0) is 13.7. The highest BCUT2D eigenvalue weighted by Gasteiger charge is 2.10. The average Bonchev–Trinajstić information content (AvgIpc) is 2.47. The molecule has 7 heteroatoms. The van der Waals surface area contributed by atoms with Gasteiger partial charge < -0.3 is 14.8 Å². The number of thioether (sulfide) groups is 1. The van der Waals surface area contributed by atoms with Gasteiger partial charge in [-0.05, 0) is 18.4 Å². The molecular formula is C12H14N4O2S. The second-order valence-corrected chi connectivity index (χ2v) is 4.28. The predicted octanol–water partition coefficient (Wildman–Crippen LogP) is 2.44. The quantitative estimate of drug-likeness (QED) is 0.842. The number of methoxy groups -OCH3 is 1. The Morgan fingerprint density at radius 1 is 1.11 bits per heavy atom. The molecule has 0 saturated heterocycles. The number of ether oxygens (including phenoxy) is 2. The van der Waals surface area contributed by atoms with Crippen LogP contribution in [-0.2, 0) is 0 Å². The van der Waals surface area contributed by atoms with Crippen molar-refractivity contribution in [2.75, 3.05) is 25.7 Å². The van der Waals surface area contributed by atoms with Crippen LogP contribution in [0.1, 0.15) is 0 Å². The van der Waals surface area contributed by atoms with Gasteiger partial charge in [0.15, 0.2) is 0 Å². The summed E-state index contributed by atoms with van der Waals surface area (Å²) in [6, 6.07) is 8.07. The molecule has 0 amide bonds. The molecule has 2 aromatic rings. The fourth-order valence-corrected chi connectivity index (χ4v) is 1.91. The van der Waals surface area contributed by atoms with Crippen LogP contribution in [-0.4, -0.2) is 35.4 Å². The lowest BCUT2D eigenvalue weighted by atomic mass is 10.3. The molecule has 0 aliphatic carbocycles. The van der Waals surface area contributed by atoms with Gasteiger partial charge in [0.2, 0.25) is 5.95 Å². The van der Waals surface area contributed by atoms with Gasteiger partial charge in [-0.3, -0.25) is 0 Å². The SMILES string of the molecule is CNc1nc(OC)nc(Oc2ccccc2SC)n1. The number of benzene rings is 1. The lowest BCUT2D eigenvalue weighted by molar-refractivity contribution is 0.358. The van der Waals surface area contributed by atoms with Gasteiger partial charge in [-0.15, -0.1) is 16.7 Å². The van der Waals surface area contributed by atoms with Crippen LogP contribution in [0.2, 0.25) is 0 Å². The predicted molar refractivity (Wildman–Crippen MR) is 74.2 cm³/mol. The highest BCUT2D eigenvalue weighted by Crippen LogP contribution is 2.30. The van der Waals surface area contributed by atoms with Crippen molar-refractivity contribution in [1.29, 1.82) is 0 Å². The van der Waals surface area contributed by atoms with Crippen LogP contribution in [0.15, 0.2) is 29.2 Å². The Bertz CT molecular complexity index is 543. The zero-order valence-electron chi connectivity index (χ0n) is 10.9. The van der Waals surface area contributed by atoms with Gasteiger partial charge in [0.05, 0.1) is 7.11 Å². The van der Waals surface area contributed by atoms with E-state index in [0.29, 0.717) is 11.7 Å². The van der Waals surface area contributed by atoms with Crippen molar-refractivity contribution in [2.24, 2.45) is 0 Å². The Kier molecular flexibility index (Phi) is 4.40. The van der Waals surface area contributed by atoms with Gasteiger partial charge in [0, 0.05) is 11.9 Å². The van der Waals surface area contributed by atoms with Crippen molar-refractivity contribution >= 4 is 17.7 Å². The summed E-state index contributed by atoms with van der Waals surface area (Å²) < 4.78 is 10.7. The molecule has 0 aliphatic heterocycles. The first kappa shape index (κ1) is 13.4. The Morgan fingerprint density at radius 2 is 1.84 bits per heavy atom. The first-order chi connectivity index (χ1) is 9.26. The van der Waals surface area contributed by atoms with Crippen LogP contribution in [0, 0.1) is 0 Å². The zero-order valence-corrected chi connectivity index (χ0v) is 11.7. The summed E-state index contributed by atoms with van der Waals surface area (Å²) in [4.78, 5) is 13.2. The number of nitrogens with one attached hydrogen (secondary N) is 1. The first-order valence-electron chi connectivity index (χ1n) is 5.55. The fourth-order valence-electron chi connectivity index (χ4n) is 1.39. The highest BCUT2D eigenvalue weighted by molar-refractivity contribution is 7.98. The standard InChI is InChI=1S/C12H14N4O2S/c1-13-10-14-11(17-2)16-12(15-10)18-8-6-4-5-7-9(8)19-3/h4-7H,1-3H3,(H,13,14,15,16). The number of hydrogen-bond donors (Lipinski definition) is 1. The number of nitrogens with zero attached hydrogens (tertiary/aromatic N) is 3. The van der Waals surface area contributed by atoms with Crippen molar-refractivity contribution in [1.82, 2.24) is 15.0 Å². The van der Waals surface area contributed by atoms with Gasteiger partial charge in [0.25, 0.3) is 0 Å². The second kappa shape index (κ2) is 6.24. The van der Waals surface area contributed by atoms with E-state index in [0.717, 1.165) is 4.90 Å². The molecule has 0 aliphatic rings. The summed E-state index contributed by atoms with van der Waals surface area (Å²) in [7, 11) is 3.21.